The van der Waals surface area contributed by atoms with Crippen molar-refractivity contribution in [3.05, 3.63) is 53.6 Å². The number of methoxy groups -OCH3 is 1. The summed E-state index contributed by atoms with van der Waals surface area (Å²) in [6.07, 6.45) is -0.606. The number of aliphatic hydroxyl groups is 1. The molecule has 7 heteroatoms. The van der Waals surface area contributed by atoms with E-state index in [0.29, 0.717) is 5.75 Å². The van der Waals surface area contributed by atoms with Gasteiger partial charge in [-0.1, -0.05) is 30.0 Å². The standard InChI is InChI=1S/C21H25N3O3S/c1-14-6-5-7-15(2)19(14)27-12-17(25)13-28-21-23-22-20(24(21)3)16-8-10-18(26-4)11-9-16/h5-11,17,25H,12-13H2,1-4H3/t17-/m1/s1. The molecule has 0 saturated carbocycles. The van der Waals surface area contributed by atoms with E-state index in [-0.39, 0.29) is 6.61 Å². The number of aliphatic hydroxyl groups excluding tert-OH is 1. The molecule has 0 spiro atoms. The van der Waals surface area contributed by atoms with Crippen molar-refractivity contribution in [1.82, 2.24) is 14.8 Å². The molecule has 148 valence electrons. The molecule has 1 N–H and O–H groups in total. The van der Waals surface area contributed by atoms with Gasteiger partial charge in [0, 0.05) is 18.4 Å². The topological polar surface area (TPSA) is 69.4 Å². The summed E-state index contributed by atoms with van der Waals surface area (Å²) in [5.74, 6) is 2.88. The molecule has 0 bridgehead atoms. The molecule has 0 aliphatic carbocycles. The lowest BCUT2D eigenvalue weighted by atomic mass is 10.1. The third kappa shape index (κ3) is 4.66. The zero-order valence-corrected chi connectivity index (χ0v) is 17.4. The summed E-state index contributed by atoms with van der Waals surface area (Å²) in [6, 6.07) is 13.7. The van der Waals surface area contributed by atoms with Gasteiger partial charge in [-0.25, -0.2) is 0 Å². The molecule has 0 amide bonds. The second kappa shape index (κ2) is 9.12. The van der Waals surface area contributed by atoms with E-state index in [1.807, 2.05) is 67.9 Å². The summed E-state index contributed by atoms with van der Waals surface area (Å²) < 4.78 is 12.9. The number of para-hydroxylation sites is 1. The van der Waals surface area contributed by atoms with E-state index in [4.69, 9.17) is 9.47 Å². The molecule has 28 heavy (non-hydrogen) atoms. The summed E-state index contributed by atoms with van der Waals surface area (Å²) in [5, 5.41) is 19.6. The molecule has 1 heterocycles. The molecule has 1 aromatic heterocycles. The maximum absolute atomic E-state index is 10.3. The number of aryl methyl sites for hydroxylation is 2. The molecule has 3 aromatic rings. The molecular weight excluding hydrogens is 374 g/mol. The highest BCUT2D eigenvalue weighted by Gasteiger charge is 2.14. The van der Waals surface area contributed by atoms with Gasteiger partial charge in [-0.2, -0.15) is 0 Å². The van der Waals surface area contributed by atoms with Gasteiger partial charge in [-0.3, -0.25) is 0 Å². The highest BCUT2D eigenvalue weighted by Crippen LogP contribution is 2.26. The first-order valence-electron chi connectivity index (χ1n) is 9.03. The molecular formula is C21H25N3O3S. The van der Waals surface area contributed by atoms with Crippen LogP contribution >= 0.6 is 11.8 Å². The maximum atomic E-state index is 10.3. The van der Waals surface area contributed by atoms with Crippen LogP contribution in [0.4, 0.5) is 0 Å². The number of hydrogen-bond donors (Lipinski definition) is 1. The summed E-state index contributed by atoms with van der Waals surface area (Å²) >= 11 is 1.46. The highest BCUT2D eigenvalue weighted by atomic mass is 32.2. The van der Waals surface area contributed by atoms with Gasteiger partial charge in [0.15, 0.2) is 11.0 Å². The van der Waals surface area contributed by atoms with Gasteiger partial charge in [0.05, 0.1) is 13.2 Å². The fraction of sp³-hybridized carbons (Fsp3) is 0.333. The van der Waals surface area contributed by atoms with Crippen molar-refractivity contribution in [1.29, 1.82) is 0 Å². The van der Waals surface area contributed by atoms with Crippen LogP contribution in [0.2, 0.25) is 0 Å². The number of rotatable bonds is 8. The number of benzene rings is 2. The smallest absolute Gasteiger partial charge is 0.191 e. The Morgan fingerprint density at radius 1 is 1.07 bits per heavy atom. The molecule has 3 rings (SSSR count). The monoisotopic (exact) mass is 399 g/mol. The second-order valence-corrected chi connectivity index (χ2v) is 7.58. The van der Waals surface area contributed by atoms with Crippen molar-refractivity contribution in [3.63, 3.8) is 0 Å². The van der Waals surface area contributed by atoms with E-state index in [0.717, 1.165) is 39.2 Å². The molecule has 0 radical (unpaired) electrons. The minimum Gasteiger partial charge on any atom is -0.497 e. The Labute approximate surface area is 169 Å². The SMILES string of the molecule is COc1ccc(-c2nnc(SC[C@H](O)COc3c(C)cccc3C)n2C)cc1. The Kier molecular flexibility index (Phi) is 6.59. The average molecular weight is 400 g/mol. The zero-order valence-electron chi connectivity index (χ0n) is 16.5. The Bertz CT molecular complexity index is 905. The minimum atomic E-state index is -0.606. The third-order valence-corrected chi connectivity index (χ3v) is 5.58. The lowest BCUT2D eigenvalue weighted by Crippen LogP contribution is -2.21. The van der Waals surface area contributed by atoms with Crippen LogP contribution in [0.5, 0.6) is 11.5 Å². The molecule has 0 saturated heterocycles. The maximum Gasteiger partial charge on any atom is 0.191 e. The largest absolute Gasteiger partial charge is 0.497 e. The van der Waals surface area contributed by atoms with Gasteiger partial charge < -0.3 is 19.1 Å². The van der Waals surface area contributed by atoms with Crippen molar-refractivity contribution < 1.29 is 14.6 Å². The molecule has 6 nitrogen and oxygen atoms in total. The first-order chi connectivity index (χ1) is 13.5. The number of aromatic nitrogens is 3. The van der Waals surface area contributed by atoms with Crippen LogP contribution < -0.4 is 9.47 Å². The quantitative estimate of drug-likeness (QED) is 0.583. The Balaban J connectivity index is 1.58. The van der Waals surface area contributed by atoms with E-state index in [9.17, 15) is 5.11 Å². The van der Waals surface area contributed by atoms with Gasteiger partial charge in [-0.15, -0.1) is 10.2 Å². The van der Waals surface area contributed by atoms with E-state index < -0.39 is 6.10 Å². The normalized spacial score (nSPS) is 12.0. The first-order valence-corrected chi connectivity index (χ1v) is 10.0. The summed E-state index contributed by atoms with van der Waals surface area (Å²) in [7, 11) is 3.56. The average Bonchev–Trinajstić information content (AvgIpc) is 3.06. The van der Waals surface area contributed by atoms with Gasteiger partial charge in [0.25, 0.3) is 0 Å². The van der Waals surface area contributed by atoms with Crippen LogP contribution in [0.25, 0.3) is 11.4 Å². The molecule has 0 aliphatic rings. The lowest BCUT2D eigenvalue weighted by Gasteiger charge is -2.15. The zero-order chi connectivity index (χ0) is 20.1. The minimum absolute atomic E-state index is 0.238. The predicted octanol–water partition coefficient (Wildman–Crippen LogP) is 3.64. The Hall–Kier alpha value is -2.51. The number of hydrogen-bond acceptors (Lipinski definition) is 6. The van der Waals surface area contributed by atoms with Gasteiger partial charge >= 0.3 is 0 Å². The van der Waals surface area contributed by atoms with Crippen molar-refractivity contribution in [2.24, 2.45) is 7.05 Å². The highest BCUT2D eigenvalue weighted by molar-refractivity contribution is 7.99. The molecule has 2 aromatic carbocycles. The first kappa shape index (κ1) is 20.2. The van der Waals surface area contributed by atoms with Gasteiger partial charge in [-0.05, 0) is 49.2 Å². The Morgan fingerprint density at radius 3 is 2.39 bits per heavy atom. The van der Waals surface area contributed by atoms with Crippen LogP contribution in [-0.2, 0) is 7.05 Å². The van der Waals surface area contributed by atoms with Crippen molar-refractivity contribution in [3.8, 4) is 22.9 Å². The molecule has 0 aliphatic heterocycles. The fourth-order valence-corrected chi connectivity index (χ4v) is 3.67. The van der Waals surface area contributed by atoms with Crippen LogP contribution in [0.15, 0.2) is 47.6 Å². The van der Waals surface area contributed by atoms with Crippen molar-refractivity contribution in [2.75, 3.05) is 19.5 Å². The fourth-order valence-electron chi connectivity index (χ4n) is 2.86. The van der Waals surface area contributed by atoms with Gasteiger partial charge in [0.2, 0.25) is 0 Å². The number of nitrogens with zero attached hydrogens (tertiary/aromatic N) is 3. The summed E-state index contributed by atoms with van der Waals surface area (Å²) in [5.41, 5.74) is 3.09. The number of thioether (sulfide) groups is 1. The van der Waals surface area contributed by atoms with Crippen LogP contribution in [-0.4, -0.2) is 45.4 Å². The Morgan fingerprint density at radius 2 is 1.75 bits per heavy atom. The number of ether oxygens (including phenoxy) is 2. The van der Waals surface area contributed by atoms with Crippen molar-refractivity contribution in [2.45, 2.75) is 25.1 Å². The predicted molar refractivity (Wildman–Crippen MR) is 111 cm³/mol. The van der Waals surface area contributed by atoms with E-state index in [1.54, 1.807) is 7.11 Å². The van der Waals surface area contributed by atoms with Crippen LogP contribution in [0.3, 0.4) is 0 Å². The van der Waals surface area contributed by atoms with Gasteiger partial charge in [0.1, 0.15) is 18.1 Å². The summed E-state index contributed by atoms with van der Waals surface area (Å²) in [6.45, 7) is 4.25. The van der Waals surface area contributed by atoms with E-state index in [2.05, 4.69) is 10.2 Å². The molecule has 0 fully saturated rings. The van der Waals surface area contributed by atoms with Crippen LogP contribution in [0.1, 0.15) is 11.1 Å². The van der Waals surface area contributed by atoms with Crippen LogP contribution in [0, 0.1) is 13.8 Å². The molecule has 0 unspecified atom stereocenters. The van der Waals surface area contributed by atoms with Crippen molar-refractivity contribution >= 4 is 11.8 Å². The van der Waals surface area contributed by atoms with E-state index in [1.165, 1.54) is 11.8 Å². The molecule has 1 atom stereocenters. The summed E-state index contributed by atoms with van der Waals surface area (Å²) in [4.78, 5) is 0. The third-order valence-electron chi connectivity index (χ3n) is 4.42. The lowest BCUT2D eigenvalue weighted by molar-refractivity contribution is 0.125. The second-order valence-electron chi connectivity index (χ2n) is 6.59. The van der Waals surface area contributed by atoms with E-state index >= 15 is 0 Å².